The van der Waals surface area contributed by atoms with Crippen molar-refractivity contribution in [2.24, 2.45) is 5.92 Å². The first-order valence-corrected chi connectivity index (χ1v) is 9.36. The fraction of sp³-hybridized carbons (Fsp3) is 0.333. The molecule has 0 radical (unpaired) electrons. The van der Waals surface area contributed by atoms with Gasteiger partial charge in [-0.15, -0.1) is 0 Å². The minimum Gasteiger partial charge on any atom is -0.495 e. The molecule has 1 atom stereocenters. The van der Waals surface area contributed by atoms with Gasteiger partial charge in [-0.05, 0) is 55.7 Å². The average molecular weight is 387 g/mol. The van der Waals surface area contributed by atoms with E-state index in [2.05, 4.69) is 5.32 Å². The zero-order chi connectivity index (χ0) is 19.4. The Labute approximate surface area is 164 Å². The van der Waals surface area contributed by atoms with Gasteiger partial charge < -0.3 is 15.0 Å². The summed E-state index contributed by atoms with van der Waals surface area (Å²) in [7, 11) is 1.58. The van der Waals surface area contributed by atoms with E-state index in [4.69, 9.17) is 16.3 Å². The second kappa shape index (κ2) is 8.44. The Hall–Kier alpha value is -2.53. The molecule has 0 aromatic heterocycles. The van der Waals surface area contributed by atoms with Crippen LogP contribution >= 0.6 is 11.6 Å². The van der Waals surface area contributed by atoms with Crippen molar-refractivity contribution in [1.82, 2.24) is 4.90 Å². The Morgan fingerprint density at radius 1 is 1.22 bits per heavy atom. The molecule has 1 saturated heterocycles. The number of aryl methyl sites for hydroxylation is 1. The van der Waals surface area contributed by atoms with E-state index >= 15 is 0 Å². The van der Waals surface area contributed by atoms with Gasteiger partial charge in [0.15, 0.2) is 0 Å². The molecular weight excluding hydrogens is 364 g/mol. The molecule has 5 nitrogen and oxygen atoms in total. The van der Waals surface area contributed by atoms with Crippen molar-refractivity contribution >= 4 is 29.1 Å². The van der Waals surface area contributed by atoms with Gasteiger partial charge in [-0.3, -0.25) is 9.59 Å². The third-order valence-electron chi connectivity index (χ3n) is 4.76. The number of nitrogens with one attached hydrogen (secondary N) is 1. The van der Waals surface area contributed by atoms with Crippen LogP contribution in [0.3, 0.4) is 0 Å². The molecule has 2 amide bonds. The molecule has 0 unspecified atom stereocenters. The Balaban J connectivity index is 1.70. The molecule has 6 heteroatoms. The lowest BCUT2D eigenvalue weighted by molar-refractivity contribution is -0.121. The van der Waals surface area contributed by atoms with Crippen LogP contribution < -0.4 is 10.1 Å². The first-order chi connectivity index (χ1) is 13.0. The maximum Gasteiger partial charge on any atom is 0.253 e. The molecule has 1 aliphatic heterocycles. The number of likely N-dealkylation sites (tertiary alicyclic amines) is 1. The molecule has 142 valence electrons. The standard InChI is InChI=1S/C21H23ClN2O3/c1-14-8-9-19(27-2)18(11-14)23-20(25)16-6-4-10-24(13-16)21(26)15-5-3-7-17(22)12-15/h3,5,7-9,11-12,16H,4,6,10,13H2,1-2H3,(H,23,25)/t16-/m0/s1. The summed E-state index contributed by atoms with van der Waals surface area (Å²) in [5.74, 6) is 0.175. The minimum atomic E-state index is -0.257. The smallest absolute Gasteiger partial charge is 0.253 e. The van der Waals surface area contributed by atoms with Gasteiger partial charge in [0.05, 0.1) is 18.7 Å². The summed E-state index contributed by atoms with van der Waals surface area (Å²) < 4.78 is 5.33. The molecule has 0 spiro atoms. The van der Waals surface area contributed by atoms with Crippen LogP contribution in [-0.4, -0.2) is 36.9 Å². The Morgan fingerprint density at radius 2 is 2.04 bits per heavy atom. The highest BCUT2D eigenvalue weighted by Gasteiger charge is 2.29. The molecule has 0 bridgehead atoms. The van der Waals surface area contributed by atoms with E-state index in [0.717, 1.165) is 18.4 Å². The second-order valence-corrected chi connectivity index (χ2v) is 7.23. The maximum atomic E-state index is 12.8. The number of hydrogen-bond acceptors (Lipinski definition) is 3. The van der Waals surface area contributed by atoms with Crippen molar-refractivity contribution in [1.29, 1.82) is 0 Å². The summed E-state index contributed by atoms with van der Waals surface area (Å²) >= 11 is 5.99. The number of carbonyl (C=O) groups is 2. The van der Waals surface area contributed by atoms with E-state index in [1.165, 1.54) is 0 Å². The number of ether oxygens (including phenoxy) is 1. The Morgan fingerprint density at radius 3 is 2.78 bits per heavy atom. The van der Waals surface area contributed by atoms with Gasteiger partial charge in [0.1, 0.15) is 5.75 Å². The lowest BCUT2D eigenvalue weighted by Gasteiger charge is -2.32. The van der Waals surface area contributed by atoms with Crippen molar-refractivity contribution in [3.63, 3.8) is 0 Å². The van der Waals surface area contributed by atoms with E-state index in [9.17, 15) is 9.59 Å². The predicted octanol–water partition coefficient (Wildman–Crippen LogP) is 4.15. The largest absolute Gasteiger partial charge is 0.495 e. The summed E-state index contributed by atoms with van der Waals surface area (Å²) in [5, 5.41) is 3.48. The van der Waals surface area contributed by atoms with Gasteiger partial charge in [-0.2, -0.15) is 0 Å². The van der Waals surface area contributed by atoms with Crippen LogP contribution in [0.5, 0.6) is 5.75 Å². The summed E-state index contributed by atoms with van der Waals surface area (Å²) in [5.41, 5.74) is 2.23. The second-order valence-electron chi connectivity index (χ2n) is 6.79. The summed E-state index contributed by atoms with van der Waals surface area (Å²) in [6.07, 6.45) is 1.54. The zero-order valence-corrected chi connectivity index (χ0v) is 16.3. The SMILES string of the molecule is COc1ccc(C)cc1NC(=O)[C@H]1CCCN(C(=O)c2cccc(Cl)c2)C1. The maximum absolute atomic E-state index is 12.8. The zero-order valence-electron chi connectivity index (χ0n) is 15.5. The number of anilines is 1. The number of methoxy groups -OCH3 is 1. The van der Waals surface area contributed by atoms with Crippen molar-refractivity contribution in [3.8, 4) is 5.75 Å². The van der Waals surface area contributed by atoms with E-state index in [1.807, 2.05) is 25.1 Å². The van der Waals surface area contributed by atoms with E-state index in [-0.39, 0.29) is 17.7 Å². The molecule has 1 aliphatic rings. The Kier molecular flexibility index (Phi) is 6.01. The highest BCUT2D eigenvalue weighted by molar-refractivity contribution is 6.30. The topological polar surface area (TPSA) is 58.6 Å². The van der Waals surface area contributed by atoms with Crippen molar-refractivity contribution in [2.45, 2.75) is 19.8 Å². The minimum absolute atomic E-state index is 0.0943. The predicted molar refractivity (Wildman–Crippen MR) is 106 cm³/mol. The number of piperidine rings is 1. The molecule has 0 aliphatic carbocycles. The lowest BCUT2D eigenvalue weighted by Crippen LogP contribution is -2.43. The van der Waals surface area contributed by atoms with Crippen LogP contribution in [0.15, 0.2) is 42.5 Å². The number of rotatable bonds is 4. The third-order valence-corrected chi connectivity index (χ3v) is 5.00. The average Bonchev–Trinajstić information content (AvgIpc) is 2.67. The van der Waals surface area contributed by atoms with Crippen LogP contribution in [0.2, 0.25) is 5.02 Å². The first kappa shape index (κ1) is 19.2. The molecule has 0 saturated carbocycles. The van der Waals surface area contributed by atoms with Crippen molar-refractivity contribution < 1.29 is 14.3 Å². The van der Waals surface area contributed by atoms with E-state index < -0.39 is 0 Å². The third kappa shape index (κ3) is 4.61. The normalized spacial score (nSPS) is 16.7. The number of amides is 2. The number of halogens is 1. The van der Waals surface area contributed by atoms with Gasteiger partial charge in [0.2, 0.25) is 5.91 Å². The van der Waals surface area contributed by atoms with E-state index in [1.54, 1.807) is 36.3 Å². The van der Waals surface area contributed by atoms with Gasteiger partial charge in [0.25, 0.3) is 5.91 Å². The van der Waals surface area contributed by atoms with Gasteiger partial charge in [-0.25, -0.2) is 0 Å². The van der Waals surface area contributed by atoms with E-state index in [0.29, 0.717) is 35.1 Å². The quantitative estimate of drug-likeness (QED) is 0.858. The van der Waals surface area contributed by atoms with Crippen LogP contribution in [0.4, 0.5) is 5.69 Å². The first-order valence-electron chi connectivity index (χ1n) is 8.98. The summed E-state index contributed by atoms with van der Waals surface area (Å²) in [4.78, 5) is 27.2. The van der Waals surface area contributed by atoms with Crippen LogP contribution in [0, 0.1) is 12.8 Å². The van der Waals surface area contributed by atoms with Crippen LogP contribution in [0.1, 0.15) is 28.8 Å². The van der Waals surface area contributed by atoms with Gasteiger partial charge >= 0.3 is 0 Å². The highest BCUT2D eigenvalue weighted by Crippen LogP contribution is 2.27. The highest BCUT2D eigenvalue weighted by atomic mass is 35.5. The fourth-order valence-electron chi connectivity index (χ4n) is 3.33. The molecule has 2 aromatic carbocycles. The number of nitrogens with zero attached hydrogens (tertiary/aromatic N) is 1. The monoisotopic (exact) mass is 386 g/mol. The molecule has 1 heterocycles. The van der Waals surface area contributed by atoms with Crippen molar-refractivity contribution in [2.75, 3.05) is 25.5 Å². The number of hydrogen-bond donors (Lipinski definition) is 1. The van der Waals surface area contributed by atoms with Crippen LogP contribution in [-0.2, 0) is 4.79 Å². The Bertz CT molecular complexity index is 853. The molecule has 2 aromatic rings. The fourth-order valence-corrected chi connectivity index (χ4v) is 3.52. The number of benzene rings is 2. The lowest BCUT2D eigenvalue weighted by atomic mass is 9.96. The summed E-state index contributed by atoms with van der Waals surface area (Å²) in [6, 6.07) is 12.5. The molecule has 27 heavy (non-hydrogen) atoms. The van der Waals surface area contributed by atoms with Gasteiger partial charge in [-0.1, -0.05) is 23.7 Å². The van der Waals surface area contributed by atoms with Crippen LogP contribution in [0.25, 0.3) is 0 Å². The molecule has 1 fully saturated rings. The number of carbonyl (C=O) groups excluding carboxylic acids is 2. The summed E-state index contributed by atoms with van der Waals surface area (Å²) in [6.45, 7) is 3.00. The molecular formula is C21H23ClN2O3. The van der Waals surface area contributed by atoms with Crippen molar-refractivity contribution in [3.05, 3.63) is 58.6 Å². The van der Waals surface area contributed by atoms with Gasteiger partial charge in [0, 0.05) is 23.7 Å². The molecule has 3 rings (SSSR count). The molecule has 1 N–H and O–H groups in total.